The minimum absolute atomic E-state index is 0.118. The number of amides is 1. The molecule has 27 heavy (non-hydrogen) atoms. The van der Waals surface area contributed by atoms with Crippen molar-refractivity contribution in [1.82, 2.24) is 5.43 Å². The van der Waals surface area contributed by atoms with Gasteiger partial charge in [0.1, 0.15) is 6.61 Å². The number of ether oxygens (including phenoxy) is 2. The number of carbonyl (C=O) groups excluding carboxylic acids is 1. The summed E-state index contributed by atoms with van der Waals surface area (Å²) in [4.78, 5) is 22.2. The maximum absolute atomic E-state index is 12.0. The van der Waals surface area contributed by atoms with Crippen LogP contribution in [0, 0.1) is 22.5 Å². The molecule has 0 aliphatic heterocycles. The Balaban J connectivity index is 2.08. The van der Waals surface area contributed by atoms with Gasteiger partial charge in [0.2, 0.25) is 0 Å². The number of carbonyl (C=O) groups is 1. The van der Waals surface area contributed by atoms with Crippen LogP contribution in [0.3, 0.4) is 0 Å². The van der Waals surface area contributed by atoms with E-state index in [2.05, 4.69) is 16.4 Å². The van der Waals surface area contributed by atoms with Crippen LogP contribution in [0.5, 0.6) is 11.5 Å². The maximum atomic E-state index is 12.0. The quantitative estimate of drug-likeness (QED) is 0.334. The molecular weight excluding hydrogens is 350 g/mol. The zero-order chi connectivity index (χ0) is 19.6. The van der Waals surface area contributed by atoms with Crippen LogP contribution in [0.1, 0.15) is 22.8 Å². The highest BCUT2D eigenvalue weighted by molar-refractivity contribution is 5.95. The molecule has 0 fully saturated rings. The fraction of sp³-hybridized carbons (Fsp3) is 0.158. The van der Waals surface area contributed by atoms with Crippen molar-refractivity contribution in [2.24, 2.45) is 5.10 Å². The molecule has 0 spiro atoms. The predicted octanol–water partition coefficient (Wildman–Crippen LogP) is 2.77. The van der Waals surface area contributed by atoms with E-state index in [-0.39, 0.29) is 17.9 Å². The molecule has 0 aliphatic carbocycles. The number of nitro benzene ring substituents is 1. The van der Waals surface area contributed by atoms with Gasteiger partial charge in [-0.15, -0.1) is 6.42 Å². The smallest absolute Gasteiger partial charge is 0.271 e. The fourth-order valence-electron chi connectivity index (χ4n) is 2.10. The van der Waals surface area contributed by atoms with E-state index in [1.54, 1.807) is 18.2 Å². The van der Waals surface area contributed by atoms with E-state index in [9.17, 15) is 14.9 Å². The highest BCUT2D eigenvalue weighted by Crippen LogP contribution is 2.28. The van der Waals surface area contributed by atoms with Crippen molar-refractivity contribution in [1.29, 1.82) is 0 Å². The summed E-state index contributed by atoms with van der Waals surface area (Å²) in [6.07, 6.45) is 6.60. The number of hydrogen-bond acceptors (Lipinski definition) is 6. The lowest BCUT2D eigenvalue weighted by atomic mass is 10.2. The molecule has 2 aromatic carbocycles. The SMILES string of the molecule is C#CCOc1ccc(/C=N\NC(=O)c2cccc([N+](=O)[O-])c2)cc1OCC. The van der Waals surface area contributed by atoms with Crippen LogP contribution >= 0.6 is 0 Å². The summed E-state index contributed by atoms with van der Waals surface area (Å²) < 4.78 is 10.9. The molecule has 0 saturated heterocycles. The number of benzene rings is 2. The third-order valence-corrected chi connectivity index (χ3v) is 3.28. The van der Waals surface area contributed by atoms with E-state index in [0.29, 0.717) is 23.7 Å². The van der Waals surface area contributed by atoms with Crippen LogP contribution in [0.15, 0.2) is 47.6 Å². The van der Waals surface area contributed by atoms with Gasteiger partial charge in [0.25, 0.3) is 11.6 Å². The fourth-order valence-corrected chi connectivity index (χ4v) is 2.10. The molecule has 0 atom stereocenters. The predicted molar refractivity (Wildman–Crippen MR) is 100 cm³/mol. The molecule has 0 unspecified atom stereocenters. The summed E-state index contributed by atoms with van der Waals surface area (Å²) in [5.74, 6) is 2.83. The summed E-state index contributed by atoms with van der Waals surface area (Å²) >= 11 is 0. The molecular formula is C19H17N3O5. The highest BCUT2D eigenvalue weighted by Gasteiger charge is 2.11. The second kappa shape index (κ2) is 9.58. The van der Waals surface area contributed by atoms with E-state index in [4.69, 9.17) is 15.9 Å². The Morgan fingerprint density at radius 2 is 2.11 bits per heavy atom. The van der Waals surface area contributed by atoms with E-state index >= 15 is 0 Å². The van der Waals surface area contributed by atoms with Crippen molar-refractivity contribution in [3.8, 4) is 23.8 Å². The topological polar surface area (TPSA) is 103 Å². The first-order chi connectivity index (χ1) is 13.0. The molecule has 1 amide bonds. The summed E-state index contributed by atoms with van der Waals surface area (Å²) in [6, 6.07) is 10.5. The van der Waals surface area contributed by atoms with Crippen molar-refractivity contribution in [3.05, 3.63) is 63.7 Å². The first-order valence-electron chi connectivity index (χ1n) is 7.96. The minimum atomic E-state index is -0.570. The van der Waals surface area contributed by atoms with Crippen molar-refractivity contribution in [2.75, 3.05) is 13.2 Å². The molecule has 0 saturated carbocycles. The number of non-ortho nitro benzene ring substituents is 1. The van der Waals surface area contributed by atoms with E-state index in [1.807, 2.05) is 6.92 Å². The third kappa shape index (κ3) is 5.57. The number of hydrogen-bond donors (Lipinski definition) is 1. The number of rotatable bonds is 8. The van der Waals surface area contributed by atoms with Crippen LogP contribution in [0.4, 0.5) is 5.69 Å². The zero-order valence-electron chi connectivity index (χ0n) is 14.5. The first kappa shape index (κ1) is 19.5. The van der Waals surface area contributed by atoms with Gasteiger partial charge in [0.15, 0.2) is 11.5 Å². The zero-order valence-corrected chi connectivity index (χ0v) is 14.5. The Labute approximate surface area is 155 Å². The number of nitrogens with zero attached hydrogens (tertiary/aromatic N) is 2. The van der Waals surface area contributed by atoms with Crippen molar-refractivity contribution < 1.29 is 19.2 Å². The molecule has 0 radical (unpaired) electrons. The first-order valence-corrected chi connectivity index (χ1v) is 7.96. The summed E-state index contributed by atoms with van der Waals surface area (Å²) in [5.41, 5.74) is 2.94. The van der Waals surface area contributed by atoms with Crippen molar-refractivity contribution in [2.45, 2.75) is 6.92 Å². The Hall–Kier alpha value is -3.86. The van der Waals surface area contributed by atoms with Gasteiger partial charge in [-0.2, -0.15) is 5.10 Å². The lowest BCUT2D eigenvalue weighted by Gasteiger charge is -2.10. The molecule has 2 rings (SSSR count). The van der Waals surface area contributed by atoms with Crippen LogP contribution in [0.2, 0.25) is 0 Å². The van der Waals surface area contributed by atoms with E-state index in [0.717, 1.165) is 0 Å². The van der Waals surface area contributed by atoms with Crippen LogP contribution in [0.25, 0.3) is 0 Å². The number of terminal acetylenes is 1. The monoisotopic (exact) mass is 367 g/mol. The molecule has 0 aromatic heterocycles. The normalized spacial score (nSPS) is 10.2. The Kier molecular flexibility index (Phi) is 6.91. The molecule has 0 aliphatic rings. The highest BCUT2D eigenvalue weighted by atomic mass is 16.6. The van der Waals surface area contributed by atoms with Crippen molar-refractivity contribution >= 4 is 17.8 Å². The largest absolute Gasteiger partial charge is 0.490 e. The average molecular weight is 367 g/mol. The Morgan fingerprint density at radius 3 is 2.81 bits per heavy atom. The molecule has 2 aromatic rings. The van der Waals surface area contributed by atoms with Gasteiger partial charge in [0.05, 0.1) is 17.7 Å². The minimum Gasteiger partial charge on any atom is -0.490 e. The van der Waals surface area contributed by atoms with Crippen LogP contribution < -0.4 is 14.9 Å². The lowest BCUT2D eigenvalue weighted by molar-refractivity contribution is -0.384. The van der Waals surface area contributed by atoms with Gasteiger partial charge in [-0.05, 0) is 36.8 Å². The van der Waals surface area contributed by atoms with Gasteiger partial charge in [-0.1, -0.05) is 12.0 Å². The molecule has 1 N–H and O–H groups in total. The van der Waals surface area contributed by atoms with Gasteiger partial charge in [0, 0.05) is 17.7 Å². The molecule has 8 heteroatoms. The standard InChI is InChI=1S/C19H17N3O5/c1-3-10-27-17-9-8-14(11-18(17)26-4-2)13-20-21-19(23)15-6-5-7-16(12-15)22(24)25/h1,5-9,11-13H,4,10H2,2H3,(H,21,23)/b20-13-. The maximum Gasteiger partial charge on any atom is 0.271 e. The summed E-state index contributed by atoms with van der Waals surface area (Å²) in [7, 11) is 0. The van der Waals surface area contributed by atoms with Crippen LogP contribution in [-0.2, 0) is 0 Å². The Bertz CT molecular complexity index is 902. The van der Waals surface area contributed by atoms with Crippen LogP contribution in [-0.4, -0.2) is 30.3 Å². The molecule has 138 valence electrons. The van der Waals surface area contributed by atoms with E-state index in [1.165, 1.54) is 30.5 Å². The lowest BCUT2D eigenvalue weighted by Crippen LogP contribution is -2.17. The number of hydrazone groups is 1. The van der Waals surface area contributed by atoms with Crippen molar-refractivity contribution in [3.63, 3.8) is 0 Å². The van der Waals surface area contributed by atoms with Gasteiger partial charge in [-0.25, -0.2) is 5.43 Å². The second-order valence-corrected chi connectivity index (χ2v) is 5.14. The van der Waals surface area contributed by atoms with E-state index < -0.39 is 10.8 Å². The molecule has 0 bridgehead atoms. The number of nitrogens with one attached hydrogen (secondary N) is 1. The molecule has 0 heterocycles. The van der Waals surface area contributed by atoms with Gasteiger partial charge >= 0.3 is 0 Å². The molecule has 8 nitrogen and oxygen atoms in total. The Morgan fingerprint density at radius 1 is 1.30 bits per heavy atom. The second-order valence-electron chi connectivity index (χ2n) is 5.14. The van der Waals surface area contributed by atoms with Gasteiger partial charge < -0.3 is 9.47 Å². The third-order valence-electron chi connectivity index (χ3n) is 3.28. The number of nitro groups is 1. The average Bonchev–Trinajstić information content (AvgIpc) is 2.67. The summed E-state index contributed by atoms with van der Waals surface area (Å²) in [6.45, 7) is 2.40. The summed E-state index contributed by atoms with van der Waals surface area (Å²) in [5, 5.41) is 14.6. The van der Waals surface area contributed by atoms with Gasteiger partial charge in [-0.3, -0.25) is 14.9 Å².